The van der Waals surface area contributed by atoms with Crippen LogP contribution in [0.15, 0.2) is 76.5 Å². The first kappa shape index (κ1) is 29.4. The molecule has 5 atom stereocenters. The molecular weight excluding hydrogens is 568 g/mol. The van der Waals surface area contributed by atoms with Gasteiger partial charge in [0, 0.05) is 17.7 Å². The number of aliphatic hydroxyl groups excluding tert-OH is 3. The van der Waals surface area contributed by atoms with Crippen molar-refractivity contribution in [1.29, 1.82) is 0 Å². The molecule has 13 heteroatoms. The number of fused-ring (bicyclic) bond motifs is 1. The van der Waals surface area contributed by atoms with Gasteiger partial charge in [-0.25, -0.2) is 4.79 Å². The van der Waals surface area contributed by atoms with E-state index in [9.17, 15) is 45.3 Å². The van der Waals surface area contributed by atoms with Gasteiger partial charge in [0.05, 0.1) is 12.2 Å². The van der Waals surface area contributed by atoms with Crippen molar-refractivity contribution in [2.45, 2.75) is 30.7 Å². The summed E-state index contributed by atoms with van der Waals surface area (Å²) in [6.07, 6.45) is -8.70. The predicted octanol–water partition coefficient (Wildman–Crippen LogP) is 1.73. The van der Waals surface area contributed by atoms with E-state index < -0.39 is 66.0 Å². The molecule has 43 heavy (non-hydrogen) atoms. The number of ether oxygens (including phenoxy) is 3. The highest BCUT2D eigenvalue weighted by Crippen LogP contribution is 2.37. The van der Waals surface area contributed by atoms with Crippen molar-refractivity contribution in [3.63, 3.8) is 0 Å². The van der Waals surface area contributed by atoms with Gasteiger partial charge < -0.3 is 54.4 Å². The quantitative estimate of drug-likeness (QED) is 0.120. The number of carbonyl (C=O) groups excluding carboxylic acids is 1. The van der Waals surface area contributed by atoms with Crippen molar-refractivity contribution in [3.8, 4) is 40.1 Å². The molecule has 3 aromatic carbocycles. The first-order valence-electron chi connectivity index (χ1n) is 12.8. The van der Waals surface area contributed by atoms with Crippen LogP contribution in [0.2, 0.25) is 0 Å². The van der Waals surface area contributed by atoms with Crippen LogP contribution in [-0.2, 0) is 14.3 Å². The van der Waals surface area contributed by atoms with Gasteiger partial charge in [-0.15, -0.1) is 0 Å². The van der Waals surface area contributed by atoms with Crippen LogP contribution < -0.4 is 10.2 Å². The topological polar surface area (TPSA) is 217 Å². The molecule has 1 aromatic heterocycles. The third kappa shape index (κ3) is 5.69. The minimum absolute atomic E-state index is 0.0436. The predicted molar refractivity (Wildman–Crippen MR) is 148 cm³/mol. The zero-order valence-corrected chi connectivity index (χ0v) is 22.2. The van der Waals surface area contributed by atoms with E-state index >= 15 is 0 Å². The van der Waals surface area contributed by atoms with Crippen LogP contribution in [-0.4, -0.2) is 79.0 Å². The number of carbonyl (C=O) groups is 1. The Labute approximate surface area is 242 Å². The van der Waals surface area contributed by atoms with E-state index in [0.29, 0.717) is 5.56 Å². The van der Waals surface area contributed by atoms with Crippen molar-refractivity contribution in [2.24, 2.45) is 0 Å². The number of rotatable bonds is 7. The fourth-order valence-corrected chi connectivity index (χ4v) is 4.56. The molecule has 7 N–H and O–H groups in total. The maximum Gasteiger partial charge on any atom is 0.338 e. The molecule has 1 saturated heterocycles. The summed E-state index contributed by atoms with van der Waals surface area (Å²) in [5, 5.41) is 70.9. The maximum atomic E-state index is 13.6. The maximum absolute atomic E-state index is 13.6. The number of hydrogen-bond donors (Lipinski definition) is 7. The summed E-state index contributed by atoms with van der Waals surface area (Å²) < 4.78 is 22.5. The van der Waals surface area contributed by atoms with E-state index in [-0.39, 0.29) is 39.4 Å². The monoisotopic (exact) mass is 594 g/mol. The summed E-state index contributed by atoms with van der Waals surface area (Å²) in [6, 6.07) is 12.8. The van der Waals surface area contributed by atoms with Gasteiger partial charge in [0.2, 0.25) is 17.5 Å². The largest absolute Gasteiger partial charge is 0.508 e. The SMILES string of the molecule is C=C(C(=O)O[C@H]1[C@@H](O)[C@H](O)[C@H](Oc2c(-c3ccc(O)cc3)oc3cc(O)cc(O)c3c2=O)O[C@H]1CO)c1ccc(O)cc1. The zero-order valence-electron chi connectivity index (χ0n) is 22.2. The van der Waals surface area contributed by atoms with E-state index in [2.05, 4.69) is 6.58 Å². The highest BCUT2D eigenvalue weighted by Gasteiger charge is 2.48. The van der Waals surface area contributed by atoms with Crippen LogP contribution in [0.1, 0.15) is 5.56 Å². The highest BCUT2D eigenvalue weighted by molar-refractivity contribution is 6.15. The number of phenolic OH excluding ortho intramolecular Hbond substituents is 4. The minimum Gasteiger partial charge on any atom is -0.508 e. The Hall–Kier alpha value is -5.08. The van der Waals surface area contributed by atoms with Gasteiger partial charge in [-0.2, -0.15) is 0 Å². The molecule has 0 aliphatic carbocycles. The Bertz CT molecular complexity index is 1720. The molecule has 1 aliphatic rings. The summed E-state index contributed by atoms with van der Waals surface area (Å²) in [4.78, 5) is 26.3. The van der Waals surface area contributed by atoms with Crippen LogP contribution in [0, 0.1) is 0 Å². The smallest absolute Gasteiger partial charge is 0.338 e. The molecule has 0 unspecified atom stereocenters. The lowest BCUT2D eigenvalue weighted by atomic mass is 9.98. The third-order valence-electron chi connectivity index (χ3n) is 6.81. The van der Waals surface area contributed by atoms with Gasteiger partial charge >= 0.3 is 5.97 Å². The first-order chi connectivity index (χ1) is 20.5. The number of aromatic hydroxyl groups is 4. The molecule has 1 fully saturated rings. The van der Waals surface area contributed by atoms with Gasteiger partial charge in [0.15, 0.2) is 11.9 Å². The average molecular weight is 595 g/mol. The van der Waals surface area contributed by atoms with Crippen LogP contribution in [0.4, 0.5) is 0 Å². The second-order valence-corrected chi connectivity index (χ2v) is 9.69. The van der Waals surface area contributed by atoms with Crippen molar-refractivity contribution >= 4 is 22.5 Å². The number of benzene rings is 3. The lowest BCUT2D eigenvalue weighted by Gasteiger charge is -2.41. The van der Waals surface area contributed by atoms with E-state index in [4.69, 9.17) is 18.6 Å². The van der Waals surface area contributed by atoms with Crippen molar-refractivity contribution < 1.29 is 59.2 Å². The Morgan fingerprint density at radius 2 is 1.51 bits per heavy atom. The Morgan fingerprint density at radius 1 is 0.884 bits per heavy atom. The standard InChI is InChI=1S/C30H26O13/c1-13(14-2-6-16(32)7-3-14)29(39)42-27-21(12-31)41-30(25(38)24(27)37)43-28-23(36)22-19(35)10-18(34)11-20(22)40-26(28)15-4-8-17(33)9-5-15/h2-11,21,24-25,27,30-35,37-38H,1,12H2/t21-,24-,25-,27+,30-/m0/s1. The molecule has 0 saturated carbocycles. The van der Waals surface area contributed by atoms with Crippen LogP contribution in [0.5, 0.6) is 28.7 Å². The summed E-state index contributed by atoms with van der Waals surface area (Å²) in [6.45, 7) is 2.84. The first-order valence-corrected chi connectivity index (χ1v) is 12.8. The lowest BCUT2D eigenvalue weighted by Crippen LogP contribution is -2.61. The van der Waals surface area contributed by atoms with Crippen LogP contribution >= 0.6 is 0 Å². The third-order valence-corrected chi connectivity index (χ3v) is 6.81. The normalized spacial score (nSPS) is 21.8. The fraction of sp³-hybridized carbons (Fsp3) is 0.200. The number of aliphatic hydroxyl groups is 3. The number of hydrogen-bond acceptors (Lipinski definition) is 13. The van der Waals surface area contributed by atoms with Crippen LogP contribution in [0.3, 0.4) is 0 Å². The van der Waals surface area contributed by atoms with Crippen molar-refractivity contribution in [2.75, 3.05) is 6.61 Å². The van der Waals surface area contributed by atoms with Gasteiger partial charge in [0.1, 0.15) is 52.3 Å². The molecule has 224 valence electrons. The Balaban J connectivity index is 1.47. The fourth-order valence-electron chi connectivity index (χ4n) is 4.56. The molecule has 2 heterocycles. The van der Waals surface area contributed by atoms with E-state index in [1.54, 1.807) is 0 Å². The summed E-state index contributed by atoms with van der Waals surface area (Å²) in [5.41, 5.74) is -0.783. The lowest BCUT2D eigenvalue weighted by molar-refractivity contribution is -0.280. The van der Waals surface area contributed by atoms with Gasteiger partial charge in [-0.1, -0.05) is 18.7 Å². The van der Waals surface area contributed by atoms with Gasteiger partial charge in [-0.3, -0.25) is 4.79 Å². The molecule has 0 radical (unpaired) electrons. The second-order valence-electron chi connectivity index (χ2n) is 9.69. The molecule has 13 nitrogen and oxygen atoms in total. The highest BCUT2D eigenvalue weighted by atomic mass is 16.7. The van der Waals surface area contributed by atoms with Crippen molar-refractivity contribution in [1.82, 2.24) is 0 Å². The number of phenols is 4. The molecule has 4 aromatic rings. The molecule has 0 spiro atoms. The van der Waals surface area contributed by atoms with Gasteiger partial charge in [0.25, 0.3) is 0 Å². The number of esters is 1. The molecule has 0 bridgehead atoms. The second kappa shape index (κ2) is 11.7. The molecule has 0 amide bonds. The zero-order chi connectivity index (χ0) is 31.0. The minimum atomic E-state index is -1.95. The van der Waals surface area contributed by atoms with E-state index in [0.717, 1.165) is 12.1 Å². The average Bonchev–Trinajstić information content (AvgIpc) is 2.98. The summed E-state index contributed by atoms with van der Waals surface area (Å²) >= 11 is 0. The molecular formula is C30H26O13. The van der Waals surface area contributed by atoms with Crippen molar-refractivity contribution in [3.05, 3.63) is 83.0 Å². The Kier molecular flexibility index (Phi) is 7.98. The van der Waals surface area contributed by atoms with Crippen LogP contribution in [0.25, 0.3) is 27.9 Å². The summed E-state index contributed by atoms with van der Waals surface area (Å²) in [7, 11) is 0. The summed E-state index contributed by atoms with van der Waals surface area (Å²) in [5.74, 6) is -3.00. The van der Waals surface area contributed by atoms with E-state index in [1.165, 1.54) is 48.5 Å². The molecule has 1 aliphatic heterocycles. The Morgan fingerprint density at radius 3 is 2.14 bits per heavy atom. The van der Waals surface area contributed by atoms with Gasteiger partial charge in [-0.05, 0) is 42.0 Å². The van der Waals surface area contributed by atoms with E-state index in [1.807, 2.05) is 0 Å². The molecule has 5 rings (SSSR count).